The van der Waals surface area contributed by atoms with Crippen LogP contribution in [0.1, 0.15) is 32.1 Å². The fraction of sp³-hybridized carbons (Fsp3) is 0.846. The number of anilines is 1. The van der Waals surface area contributed by atoms with Gasteiger partial charge in [-0.25, -0.2) is 8.78 Å². The highest BCUT2D eigenvalue weighted by Gasteiger charge is 2.33. The molecule has 1 saturated carbocycles. The topological polar surface area (TPSA) is 41.1 Å². The predicted octanol–water partition coefficient (Wildman–Crippen LogP) is 3.33. The van der Waals surface area contributed by atoms with Crippen molar-refractivity contribution in [1.82, 2.24) is 15.1 Å². The van der Waals surface area contributed by atoms with Crippen molar-refractivity contribution in [3.63, 3.8) is 0 Å². The van der Waals surface area contributed by atoms with Crippen LogP contribution in [-0.4, -0.2) is 52.4 Å². The van der Waals surface area contributed by atoms with Crippen LogP contribution < -0.4 is 5.32 Å². The third-order valence-electron chi connectivity index (χ3n) is 3.74. The van der Waals surface area contributed by atoms with Crippen molar-refractivity contribution >= 4 is 28.2 Å². The molecular weight excluding hydrogens is 314 g/mol. The Morgan fingerprint density at radius 3 is 2.76 bits per heavy atom. The number of piperidine rings is 1. The first-order chi connectivity index (χ1) is 10.1. The van der Waals surface area contributed by atoms with Gasteiger partial charge in [-0.05, 0) is 25.8 Å². The number of rotatable bonds is 7. The molecular formula is C13H20F2N4S2. The normalized spacial score (nSPS) is 22.4. The minimum atomic E-state index is -2.44. The Hall–Kier alpha value is -0.470. The van der Waals surface area contributed by atoms with Crippen LogP contribution in [0.5, 0.6) is 0 Å². The number of aromatic nitrogens is 2. The zero-order chi connectivity index (χ0) is 14.7. The summed E-state index contributed by atoms with van der Waals surface area (Å²) >= 11 is 3.31. The molecule has 0 spiro atoms. The van der Waals surface area contributed by atoms with Gasteiger partial charge in [-0.2, -0.15) is 0 Å². The highest BCUT2D eigenvalue weighted by atomic mass is 32.2. The Balaban J connectivity index is 1.30. The van der Waals surface area contributed by atoms with E-state index in [0.29, 0.717) is 19.1 Å². The smallest absolute Gasteiger partial charge is 0.250 e. The summed E-state index contributed by atoms with van der Waals surface area (Å²) < 4.78 is 27.1. The lowest BCUT2D eigenvalue weighted by Gasteiger charge is -2.31. The third kappa shape index (κ3) is 5.03. The Morgan fingerprint density at radius 1 is 1.29 bits per heavy atom. The van der Waals surface area contributed by atoms with Gasteiger partial charge < -0.3 is 10.2 Å². The van der Waals surface area contributed by atoms with Gasteiger partial charge in [-0.3, -0.25) is 0 Å². The van der Waals surface area contributed by atoms with Crippen LogP contribution in [-0.2, 0) is 0 Å². The van der Waals surface area contributed by atoms with E-state index in [1.807, 2.05) is 0 Å². The van der Waals surface area contributed by atoms with Crippen LogP contribution >= 0.6 is 23.1 Å². The number of nitrogens with one attached hydrogen (secondary N) is 1. The molecule has 1 aromatic heterocycles. The average molecular weight is 334 g/mol. The number of nitrogens with zero attached hydrogens (tertiary/aromatic N) is 3. The molecule has 2 heterocycles. The molecule has 1 aliphatic carbocycles. The Morgan fingerprint density at radius 2 is 2.05 bits per heavy atom. The van der Waals surface area contributed by atoms with Crippen molar-refractivity contribution in [2.24, 2.45) is 0 Å². The monoisotopic (exact) mass is 334 g/mol. The molecule has 8 heteroatoms. The lowest BCUT2D eigenvalue weighted by molar-refractivity contribution is -0.0549. The SMILES string of the molecule is FC1(F)CCN(CCCSc2nnc(NC3CC3)s2)CC1. The lowest BCUT2D eigenvalue weighted by Crippen LogP contribution is -2.39. The molecule has 0 atom stereocenters. The van der Waals surface area contributed by atoms with Gasteiger partial charge in [-0.1, -0.05) is 23.1 Å². The van der Waals surface area contributed by atoms with Crippen LogP contribution in [0.25, 0.3) is 0 Å². The van der Waals surface area contributed by atoms with Crippen LogP contribution in [0.3, 0.4) is 0 Å². The van der Waals surface area contributed by atoms with Gasteiger partial charge in [-0.15, -0.1) is 10.2 Å². The van der Waals surface area contributed by atoms with Crippen molar-refractivity contribution in [2.45, 2.75) is 48.4 Å². The minimum absolute atomic E-state index is 0.00669. The first kappa shape index (κ1) is 15.4. The molecule has 4 nitrogen and oxygen atoms in total. The van der Waals surface area contributed by atoms with Crippen LogP contribution in [0, 0.1) is 0 Å². The van der Waals surface area contributed by atoms with Crippen molar-refractivity contribution in [3.05, 3.63) is 0 Å². The van der Waals surface area contributed by atoms with Crippen molar-refractivity contribution in [3.8, 4) is 0 Å². The maximum Gasteiger partial charge on any atom is 0.250 e. The van der Waals surface area contributed by atoms with E-state index in [-0.39, 0.29) is 12.8 Å². The molecule has 0 unspecified atom stereocenters. The molecule has 0 bridgehead atoms. The van der Waals surface area contributed by atoms with E-state index in [2.05, 4.69) is 20.4 Å². The van der Waals surface area contributed by atoms with Crippen molar-refractivity contribution < 1.29 is 8.78 Å². The van der Waals surface area contributed by atoms with Gasteiger partial charge in [0.05, 0.1) is 0 Å². The number of thioether (sulfide) groups is 1. The lowest BCUT2D eigenvalue weighted by atomic mass is 10.1. The summed E-state index contributed by atoms with van der Waals surface area (Å²) in [5.41, 5.74) is 0. The average Bonchev–Trinajstić information content (AvgIpc) is 3.14. The molecule has 3 rings (SSSR count). The maximum absolute atomic E-state index is 13.0. The van der Waals surface area contributed by atoms with Crippen molar-refractivity contribution in [2.75, 3.05) is 30.7 Å². The summed E-state index contributed by atoms with van der Waals surface area (Å²) in [7, 11) is 0. The highest BCUT2D eigenvalue weighted by molar-refractivity contribution is 8.01. The molecule has 2 fully saturated rings. The van der Waals surface area contributed by atoms with Crippen molar-refractivity contribution in [1.29, 1.82) is 0 Å². The second-order valence-corrected chi connectivity index (χ2v) is 8.01. The number of alkyl halides is 2. The molecule has 1 N–H and O–H groups in total. The number of halogens is 2. The molecule has 2 aliphatic rings. The first-order valence-corrected chi connectivity index (χ1v) is 9.24. The second-order valence-electron chi connectivity index (χ2n) is 5.69. The Bertz CT molecular complexity index is 455. The van der Waals surface area contributed by atoms with E-state index < -0.39 is 5.92 Å². The summed E-state index contributed by atoms with van der Waals surface area (Å²) in [6.07, 6.45) is 3.48. The molecule has 0 amide bonds. The minimum Gasteiger partial charge on any atom is -0.357 e. The number of hydrogen-bond acceptors (Lipinski definition) is 6. The quantitative estimate of drug-likeness (QED) is 0.612. The number of hydrogen-bond donors (Lipinski definition) is 1. The van der Waals surface area contributed by atoms with Gasteiger partial charge in [0.15, 0.2) is 4.34 Å². The standard InChI is InChI=1S/C13H20F2N4S2/c14-13(15)4-7-19(8-5-13)6-1-9-20-12-18-17-11(21-12)16-10-2-3-10/h10H,1-9H2,(H,16,17). The van der Waals surface area contributed by atoms with Crippen LogP contribution in [0.15, 0.2) is 4.34 Å². The van der Waals surface area contributed by atoms with E-state index in [9.17, 15) is 8.78 Å². The summed E-state index contributed by atoms with van der Waals surface area (Å²) in [6, 6.07) is 0.605. The van der Waals surface area contributed by atoms with E-state index in [0.717, 1.165) is 28.2 Å². The highest BCUT2D eigenvalue weighted by Crippen LogP contribution is 2.31. The van der Waals surface area contributed by atoms with Crippen LogP contribution in [0.2, 0.25) is 0 Å². The summed E-state index contributed by atoms with van der Waals surface area (Å²) in [6.45, 7) is 1.94. The fourth-order valence-electron chi connectivity index (χ4n) is 2.28. The zero-order valence-corrected chi connectivity index (χ0v) is 13.5. The van der Waals surface area contributed by atoms with Crippen LogP contribution in [0.4, 0.5) is 13.9 Å². The van der Waals surface area contributed by atoms with E-state index in [4.69, 9.17) is 0 Å². The molecule has 0 radical (unpaired) electrons. The predicted molar refractivity (Wildman–Crippen MR) is 82.5 cm³/mol. The van der Waals surface area contributed by atoms with Gasteiger partial charge in [0.25, 0.3) is 5.92 Å². The fourth-order valence-corrected chi connectivity index (χ4v) is 4.10. The van der Waals surface area contributed by atoms with Gasteiger partial charge in [0, 0.05) is 37.7 Å². The molecule has 0 aromatic carbocycles. The van der Waals surface area contributed by atoms with Gasteiger partial charge >= 0.3 is 0 Å². The van der Waals surface area contributed by atoms with Gasteiger partial charge in [0.1, 0.15) is 0 Å². The summed E-state index contributed by atoms with van der Waals surface area (Å²) in [5.74, 6) is -1.48. The van der Waals surface area contributed by atoms with Gasteiger partial charge in [0.2, 0.25) is 5.13 Å². The molecule has 118 valence electrons. The Labute approximate surface area is 131 Å². The molecule has 1 aliphatic heterocycles. The van der Waals surface area contributed by atoms with E-state index >= 15 is 0 Å². The maximum atomic E-state index is 13.0. The molecule has 1 saturated heterocycles. The molecule has 1 aromatic rings. The van der Waals surface area contributed by atoms with E-state index in [1.54, 1.807) is 23.1 Å². The molecule has 21 heavy (non-hydrogen) atoms. The zero-order valence-electron chi connectivity index (χ0n) is 11.9. The number of likely N-dealkylation sites (tertiary alicyclic amines) is 1. The summed E-state index contributed by atoms with van der Waals surface area (Å²) in [4.78, 5) is 2.14. The third-order valence-corrected chi connectivity index (χ3v) is 5.82. The summed E-state index contributed by atoms with van der Waals surface area (Å²) in [5, 5.41) is 12.5. The second kappa shape index (κ2) is 6.75. The largest absolute Gasteiger partial charge is 0.357 e. The van der Waals surface area contributed by atoms with E-state index in [1.165, 1.54) is 12.8 Å². The Kier molecular flexibility index (Phi) is 4.96. The first-order valence-electron chi connectivity index (χ1n) is 7.44.